The Morgan fingerprint density at radius 2 is 2.07 bits per heavy atom. The molecule has 29 heavy (non-hydrogen) atoms. The topological polar surface area (TPSA) is 114 Å². The van der Waals surface area contributed by atoms with E-state index in [-0.39, 0.29) is 36.6 Å². The van der Waals surface area contributed by atoms with Gasteiger partial charge in [-0.05, 0) is 30.2 Å². The van der Waals surface area contributed by atoms with E-state index in [1.807, 2.05) is 0 Å². The van der Waals surface area contributed by atoms with Crippen LogP contribution in [-0.2, 0) is 22.7 Å². The number of hydrogen-bond acceptors (Lipinski definition) is 7. The second kappa shape index (κ2) is 8.55. The number of ether oxygens (including phenoxy) is 2. The number of methoxy groups -OCH3 is 1. The van der Waals surface area contributed by atoms with Gasteiger partial charge in [-0.1, -0.05) is 6.07 Å². The molecule has 152 valence electrons. The number of nitro groups is 1. The molecule has 0 spiro atoms. The van der Waals surface area contributed by atoms with Crippen LogP contribution in [0, 0.1) is 15.9 Å². The highest BCUT2D eigenvalue weighted by Crippen LogP contribution is 2.21. The highest BCUT2D eigenvalue weighted by molar-refractivity contribution is 5.75. The number of aromatic nitrogens is 1. The lowest BCUT2D eigenvalue weighted by atomic mass is 10.2. The van der Waals surface area contributed by atoms with E-state index in [9.17, 15) is 24.1 Å². The fourth-order valence-electron chi connectivity index (χ4n) is 2.80. The molecule has 2 aromatic carbocycles. The average Bonchev–Trinajstić information content (AvgIpc) is 3.01. The van der Waals surface area contributed by atoms with Gasteiger partial charge < -0.3 is 13.9 Å². The summed E-state index contributed by atoms with van der Waals surface area (Å²) in [6.45, 7) is 0.0912. The van der Waals surface area contributed by atoms with Crippen molar-refractivity contribution < 1.29 is 28.0 Å². The summed E-state index contributed by atoms with van der Waals surface area (Å²) < 4.78 is 29.9. The summed E-state index contributed by atoms with van der Waals surface area (Å²) in [5.74, 6) is -1.61. The van der Waals surface area contributed by atoms with Gasteiger partial charge in [-0.3, -0.25) is 19.5 Å². The van der Waals surface area contributed by atoms with Crippen molar-refractivity contribution in [1.82, 2.24) is 4.57 Å². The smallest absolute Gasteiger partial charge is 0.419 e. The van der Waals surface area contributed by atoms with E-state index in [4.69, 9.17) is 13.9 Å². The molecule has 0 atom stereocenters. The number of nitro benzene ring substituents is 1. The van der Waals surface area contributed by atoms with Crippen LogP contribution in [-0.4, -0.2) is 22.6 Å². The molecule has 0 amide bonds. The number of carbonyl (C=O) groups is 1. The average molecular weight is 404 g/mol. The van der Waals surface area contributed by atoms with Crippen molar-refractivity contribution in [2.45, 2.75) is 26.0 Å². The zero-order valence-electron chi connectivity index (χ0n) is 15.4. The quantitative estimate of drug-likeness (QED) is 0.322. The number of nitrogens with zero attached hydrogens (tertiary/aromatic N) is 2. The van der Waals surface area contributed by atoms with Gasteiger partial charge in [0.15, 0.2) is 17.1 Å². The molecule has 10 heteroatoms. The Kier molecular flexibility index (Phi) is 5.91. The largest absolute Gasteiger partial charge is 0.494 e. The Morgan fingerprint density at radius 3 is 2.76 bits per heavy atom. The van der Waals surface area contributed by atoms with Crippen LogP contribution in [0.3, 0.4) is 0 Å². The Hall–Kier alpha value is -3.69. The number of carbonyl (C=O) groups excluding carboxylic acids is 1. The lowest BCUT2D eigenvalue weighted by Crippen LogP contribution is -2.15. The Bertz CT molecular complexity index is 1120. The van der Waals surface area contributed by atoms with E-state index in [0.29, 0.717) is 17.5 Å². The molecule has 0 bridgehead atoms. The third-order valence-corrected chi connectivity index (χ3v) is 4.24. The highest BCUT2D eigenvalue weighted by Gasteiger charge is 2.14. The molecule has 0 N–H and O–H groups in total. The molecule has 0 aliphatic heterocycles. The van der Waals surface area contributed by atoms with E-state index >= 15 is 0 Å². The molecule has 0 saturated heterocycles. The molecular formula is C19H17FN2O7. The molecule has 1 aromatic heterocycles. The van der Waals surface area contributed by atoms with Gasteiger partial charge >= 0.3 is 11.7 Å². The highest BCUT2D eigenvalue weighted by atomic mass is 19.1. The van der Waals surface area contributed by atoms with Gasteiger partial charge in [0.05, 0.1) is 23.6 Å². The predicted molar refractivity (Wildman–Crippen MR) is 99.1 cm³/mol. The molecule has 3 aromatic rings. The van der Waals surface area contributed by atoms with Crippen molar-refractivity contribution in [2.24, 2.45) is 0 Å². The zero-order chi connectivity index (χ0) is 21.0. The predicted octanol–water partition coefficient (Wildman–Crippen LogP) is 3.17. The van der Waals surface area contributed by atoms with Gasteiger partial charge in [-0.15, -0.1) is 0 Å². The van der Waals surface area contributed by atoms with Crippen LogP contribution in [0.2, 0.25) is 0 Å². The minimum atomic E-state index is -0.664. The first kappa shape index (κ1) is 20.1. The summed E-state index contributed by atoms with van der Waals surface area (Å²) in [6.07, 6.45) is 0.325. The molecule has 0 fully saturated rings. The number of hydrogen-bond donors (Lipinski definition) is 0. The lowest BCUT2D eigenvalue weighted by Gasteiger charge is -2.07. The summed E-state index contributed by atoms with van der Waals surface area (Å²) in [5.41, 5.74) is 0.809. The van der Waals surface area contributed by atoms with Gasteiger partial charge in [0.1, 0.15) is 6.61 Å². The molecule has 0 saturated carbocycles. The molecule has 0 aliphatic carbocycles. The van der Waals surface area contributed by atoms with E-state index in [1.54, 1.807) is 6.07 Å². The molecule has 0 aliphatic rings. The molecule has 1 heterocycles. The van der Waals surface area contributed by atoms with E-state index in [2.05, 4.69) is 0 Å². The van der Waals surface area contributed by atoms with Crippen LogP contribution in [0.4, 0.5) is 10.1 Å². The lowest BCUT2D eigenvalue weighted by molar-refractivity contribution is -0.384. The van der Waals surface area contributed by atoms with E-state index < -0.39 is 22.5 Å². The van der Waals surface area contributed by atoms with Gasteiger partial charge in [0, 0.05) is 19.0 Å². The molecule has 9 nitrogen and oxygen atoms in total. The van der Waals surface area contributed by atoms with Crippen molar-refractivity contribution in [2.75, 3.05) is 7.11 Å². The monoisotopic (exact) mass is 404 g/mol. The Morgan fingerprint density at radius 1 is 1.28 bits per heavy atom. The maximum atomic E-state index is 13.6. The number of aryl methyl sites for hydroxylation is 1. The number of non-ortho nitro benzene ring substituents is 1. The van der Waals surface area contributed by atoms with Crippen LogP contribution in [0.15, 0.2) is 45.6 Å². The van der Waals surface area contributed by atoms with Crippen LogP contribution in [0.25, 0.3) is 11.1 Å². The number of rotatable bonds is 8. The van der Waals surface area contributed by atoms with E-state index in [1.165, 1.54) is 42.0 Å². The Labute approximate surface area is 163 Å². The van der Waals surface area contributed by atoms with Crippen LogP contribution < -0.4 is 10.5 Å². The third-order valence-electron chi connectivity index (χ3n) is 4.24. The van der Waals surface area contributed by atoms with Crippen molar-refractivity contribution >= 4 is 22.8 Å². The maximum Gasteiger partial charge on any atom is 0.419 e. The van der Waals surface area contributed by atoms with Crippen LogP contribution in [0.1, 0.15) is 18.4 Å². The first-order valence-corrected chi connectivity index (χ1v) is 8.65. The molecule has 0 unspecified atom stereocenters. The van der Waals surface area contributed by atoms with Crippen molar-refractivity contribution in [1.29, 1.82) is 0 Å². The summed E-state index contributed by atoms with van der Waals surface area (Å²) in [4.78, 5) is 34.1. The van der Waals surface area contributed by atoms with Gasteiger partial charge in [-0.25, -0.2) is 9.18 Å². The first-order valence-electron chi connectivity index (χ1n) is 8.65. The standard InChI is InChI=1S/C19H17FN2O7/c1-27-16-7-4-12(9-14(16)20)11-28-18(23)3-2-8-21-15-6-5-13(22(25)26)10-17(15)29-19(21)24/h4-7,9-10H,2-3,8,11H2,1H3. The minimum absolute atomic E-state index is 0.0325. The van der Waals surface area contributed by atoms with Crippen LogP contribution in [0.5, 0.6) is 5.75 Å². The second-order valence-corrected chi connectivity index (χ2v) is 6.16. The second-order valence-electron chi connectivity index (χ2n) is 6.16. The SMILES string of the molecule is COc1ccc(COC(=O)CCCn2c(=O)oc3cc([N+](=O)[O-])ccc32)cc1F. The summed E-state index contributed by atoms with van der Waals surface area (Å²) >= 11 is 0. The fourth-order valence-corrected chi connectivity index (χ4v) is 2.80. The summed E-state index contributed by atoms with van der Waals surface area (Å²) in [7, 11) is 1.36. The first-order chi connectivity index (χ1) is 13.9. The van der Waals surface area contributed by atoms with Crippen molar-refractivity contribution in [3.63, 3.8) is 0 Å². The molecule has 3 rings (SSSR count). The third kappa shape index (κ3) is 4.60. The summed E-state index contributed by atoms with van der Waals surface area (Å²) in [5, 5.41) is 10.8. The minimum Gasteiger partial charge on any atom is -0.494 e. The van der Waals surface area contributed by atoms with Gasteiger partial charge in [0.25, 0.3) is 5.69 Å². The van der Waals surface area contributed by atoms with Crippen molar-refractivity contribution in [3.8, 4) is 5.75 Å². The molecular weight excluding hydrogens is 387 g/mol. The Balaban J connectivity index is 1.55. The zero-order valence-corrected chi connectivity index (χ0v) is 15.4. The normalized spacial score (nSPS) is 10.8. The van der Waals surface area contributed by atoms with E-state index in [0.717, 1.165) is 0 Å². The summed E-state index contributed by atoms with van der Waals surface area (Å²) in [6, 6.07) is 8.13. The fraction of sp³-hybridized carbons (Fsp3) is 0.263. The molecule has 0 radical (unpaired) electrons. The number of halogens is 1. The number of esters is 1. The number of oxazole rings is 1. The van der Waals surface area contributed by atoms with Crippen LogP contribution >= 0.6 is 0 Å². The van der Waals surface area contributed by atoms with Gasteiger partial charge in [0.2, 0.25) is 0 Å². The number of benzene rings is 2. The number of fused-ring (bicyclic) bond motifs is 1. The van der Waals surface area contributed by atoms with Crippen molar-refractivity contribution in [3.05, 3.63) is 68.4 Å². The maximum absolute atomic E-state index is 13.6. The van der Waals surface area contributed by atoms with Gasteiger partial charge in [-0.2, -0.15) is 0 Å².